The van der Waals surface area contributed by atoms with E-state index in [1.807, 2.05) is 30.3 Å². The fourth-order valence-corrected chi connectivity index (χ4v) is 5.05. The number of carbonyl (C=O) groups excluding carboxylic acids is 3. The van der Waals surface area contributed by atoms with Gasteiger partial charge in [0, 0.05) is 30.1 Å². The van der Waals surface area contributed by atoms with Crippen LogP contribution < -0.4 is 0 Å². The topological polar surface area (TPSA) is 219 Å². The molecule has 43 heavy (non-hydrogen) atoms. The summed E-state index contributed by atoms with van der Waals surface area (Å²) in [7, 11) is 1.12. The lowest BCUT2D eigenvalue weighted by Gasteiger charge is -2.47. The van der Waals surface area contributed by atoms with Gasteiger partial charge in [-0.2, -0.15) is 0 Å². The van der Waals surface area contributed by atoms with Crippen LogP contribution in [0.25, 0.3) is 10.4 Å². The number of hydrogen-bond donors (Lipinski definition) is 3. The number of esters is 2. The van der Waals surface area contributed by atoms with Gasteiger partial charge in [-0.15, -0.1) is 5.10 Å². The van der Waals surface area contributed by atoms with Crippen molar-refractivity contribution < 1.29 is 43.9 Å². The fourth-order valence-electron chi connectivity index (χ4n) is 5.05. The van der Waals surface area contributed by atoms with Crippen LogP contribution in [0.4, 0.5) is 0 Å². The summed E-state index contributed by atoms with van der Waals surface area (Å²) in [4.78, 5) is 39.7. The Morgan fingerprint density at radius 1 is 1.23 bits per heavy atom. The van der Waals surface area contributed by atoms with Crippen LogP contribution in [0.3, 0.4) is 0 Å². The number of carbonyl (C=O) groups is 3. The van der Waals surface area contributed by atoms with Crippen LogP contribution in [0.15, 0.2) is 41.6 Å². The zero-order chi connectivity index (χ0) is 31.4. The second kappa shape index (κ2) is 16.1. The molecule has 0 spiro atoms. The van der Waals surface area contributed by atoms with Gasteiger partial charge in [0.05, 0.1) is 43.9 Å². The van der Waals surface area contributed by atoms with Gasteiger partial charge in [0.15, 0.2) is 0 Å². The minimum absolute atomic E-state index is 0.212. The van der Waals surface area contributed by atoms with E-state index in [2.05, 4.69) is 20.3 Å². The van der Waals surface area contributed by atoms with Crippen molar-refractivity contribution in [1.29, 1.82) is 0 Å². The lowest BCUT2D eigenvalue weighted by molar-refractivity contribution is -0.268. The molecule has 3 N–H and O–H groups in total. The number of unbranched alkanes of at least 4 members (excludes halogenated alkanes) is 2. The molecule has 2 aromatic rings. The highest BCUT2D eigenvalue weighted by Crippen LogP contribution is 2.40. The first-order valence-electron chi connectivity index (χ1n) is 14.0. The van der Waals surface area contributed by atoms with Crippen molar-refractivity contribution >= 4 is 17.7 Å². The van der Waals surface area contributed by atoms with Crippen LogP contribution >= 0.6 is 0 Å². The summed E-state index contributed by atoms with van der Waals surface area (Å²) in [6.07, 6.45) is -2.56. The Bertz CT molecular complexity index is 1270. The van der Waals surface area contributed by atoms with E-state index >= 15 is 0 Å². The molecule has 0 bridgehead atoms. The third-order valence-electron chi connectivity index (χ3n) is 7.29. The van der Waals surface area contributed by atoms with Gasteiger partial charge >= 0.3 is 11.9 Å². The quantitative estimate of drug-likeness (QED) is 0.0825. The van der Waals surface area contributed by atoms with Gasteiger partial charge in [0.2, 0.25) is 0 Å². The molecule has 1 aromatic heterocycles. The number of hydrogen-bond acceptors (Lipinski definition) is 12. The molecule has 0 saturated carbocycles. The molecule has 0 amide bonds. The summed E-state index contributed by atoms with van der Waals surface area (Å²) >= 11 is 0. The van der Waals surface area contributed by atoms with Crippen LogP contribution in [-0.2, 0) is 47.3 Å². The normalized spacial score (nSPS) is 23.0. The minimum Gasteiger partial charge on any atom is -0.465 e. The Hall–Kier alpha value is -3.88. The van der Waals surface area contributed by atoms with Gasteiger partial charge in [0.25, 0.3) is 5.72 Å². The lowest BCUT2D eigenvalue weighted by atomic mass is 9.79. The summed E-state index contributed by atoms with van der Waals surface area (Å²) in [5, 5.41) is 43.8. The third kappa shape index (κ3) is 9.05. The molecule has 2 heterocycles. The Morgan fingerprint density at radius 3 is 2.65 bits per heavy atom. The highest BCUT2D eigenvalue weighted by atomic mass is 16.6. The number of ketones is 1. The maximum Gasteiger partial charge on any atom is 0.361 e. The van der Waals surface area contributed by atoms with Gasteiger partial charge in [-0.05, 0) is 37.3 Å². The molecule has 1 saturated heterocycles. The molecule has 15 nitrogen and oxygen atoms in total. The van der Waals surface area contributed by atoms with E-state index in [9.17, 15) is 29.7 Å². The number of aliphatic hydroxyl groups is 3. The van der Waals surface area contributed by atoms with E-state index in [0.717, 1.165) is 17.4 Å². The highest BCUT2D eigenvalue weighted by molar-refractivity contribution is 5.78. The number of methoxy groups -OCH3 is 1. The van der Waals surface area contributed by atoms with Crippen molar-refractivity contribution in [2.45, 2.75) is 88.6 Å². The lowest BCUT2D eigenvalue weighted by Crippen LogP contribution is -2.62. The van der Waals surface area contributed by atoms with E-state index in [4.69, 9.17) is 19.7 Å². The molecule has 1 aromatic carbocycles. The summed E-state index contributed by atoms with van der Waals surface area (Å²) in [5.41, 5.74) is 7.93. The van der Waals surface area contributed by atoms with Crippen LogP contribution in [0, 0.1) is 5.92 Å². The summed E-state index contributed by atoms with van der Waals surface area (Å²) in [6, 6.07) is 9.40. The molecule has 1 aliphatic heterocycles. The Labute approximate surface area is 248 Å². The smallest absolute Gasteiger partial charge is 0.361 e. The number of ether oxygens (including phenoxy) is 3. The summed E-state index contributed by atoms with van der Waals surface area (Å²) in [6.45, 7) is 1.01. The SMILES string of the molecule is COC(=O)C1(n2cc(CCCCCC(=O)OCc3ccccc3)nn2)CC(O)C(CC(C)=O)C([C@@H](O)[C@H](O)CN=[N+]=[N-])O1. The van der Waals surface area contributed by atoms with Gasteiger partial charge in [-0.1, -0.05) is 47.1 Å². The average Bonchev–Trinajstić information content (AvgIpc) is 3.48. The number of aliphatic hydroxyl groups excluding tert-OH is 3. The minimum atomic E-state index is -2.07. The van der Waals surface area contributed by atoms with E-state index in [0.29, 0.717) is 31.4 Å². The summed E-state index contributed by atoms with van der Waals surface area (Å²) in [5.74, 6) is -2.53. The molecule has 1 aliphatic rings. The average molecular weight is 603 g/mol. The molecule has 0 radical (unpaired) electrons. The van der Waals surface area contributed by atoms with E-state index < -0.39 is 48.6 Å². The Balaban J connectivity index is 1.66. The predicted octanol–water partition coefficient (Wildman–Crippen LogP) is 1.73. The fraction of sp³-hybridized carbons (Fsp3) is 0.607. The molecular formula is C28H38N6O9. The molecule has 15 heteroatoms. The maximum absolute atomic E-state index is 13.1. The van der Waals surface area contributed by atoms with Gasteiger partial charge in [-0.25, -0.2) is 9.48 Å². The largest absolute Gasteiger partial charge is 0.465 e. The molecule has 1 fully saturated rings. The van der Waals surface area contributed by atoms with Crippen LogP contribution in [0.5, 0.6) is 0 Å². The zero-order valence-corrected chi connectivity index (χ0v) is 24.2. The van der Waals surface area contributed by atoms with Gasteiger partial charge in [-0.3, -0.25) is 4.79 Å². The first-order valence-corrected chi connectivity index (χ1v) is 14.0. The molecule has 234 valence electrons. The van der Waals surface area contributed by atoms with Crippen molar-refractivity contribution in [1.82, 2.24) is 15.0 Å². The standard InChI is InChI=1S/C28H38N6O9/c1-18(35)13-21-22(36)14-28(27(40)41-2,43-26(21)25(39)23(37)15-30-32-29)34-16-20(31-33-34)11-7-4-8-12-24(38)42-17-19-9-5-3-6-10-19/h3,5-6,9-10,16,21-23,25-26,36-37,39H,4,7-8,11-15,17H2,1-2H3/t21?,22?,23-,25+,26?,28?/m1/s1. The van der Waals surface area contributed by atoms with Crippen LogP contribution in [0.2, 0.25) is 0 Å². The first kappa shape index (κ1) is 33.6. The first-order chi connectivity index (χ1) is 20.6. The number of nitrogens with zero attached hydrogens (tertiary/aromatic N) is 6. The van der Waals surface area contributed by atoms with Gasteiger partial charge in [0.1, 0.15) is 18.5 Å². The number of benzene rings is 1. The second-order valence-corrected chi connectivity index (χ2v) is 10.5. The maximum atomic E-state index is 13.1. The monoisotopic (exact) mass is 602 g/mol. The summed E-state index contributed by atoms with van der Waals surface area (Å²) < 4.78 is 17.4. The van der Waals surface area contributed by atoms with Gasteiger partial charge < -0.3 is 34.3 Å². The van der Waals surface area contributed by atoms with Crippen molar-refractivity contribution in [3.8, 4) is 0 Å². The number of rotatable bonds is 16. The van der Waals surface area contributed by atoms with Crippen molar-refractivity contribution in [3.63, 3.8) is 0 Å². The second-order valence-electron chi connectivity index (χ2n) is 10.5. The van der Waals surface area contributed by atoms with Crippen molar-refractivity contribution in [2.24, 2.45) is 11.0 Å². The predicted molar refractivity (Wildman–Crippen MR) is 149 cm³/mol. The zero-order valence-electron chi connectivity index (χ0n) is 24.2. The molecule has 3 rings (SSSR count). The third-order valence-corrected chi connectivity index (χ3v) is 7.29. The number of azide groups is 1. The van der Waals surface area contributed by atoms with Crippen LogP contribution in [0.1, 0.15) is 56.7 Å². The van der Waals surface area contributed by atoms with E-state index in [1.165, 1.54) is 13.1 Å². The van der Waals surface area contributed by atoms with Crippen molar-refractivity contribution in [2.75, 3.05) is 13.7 Å². The highest BCUT2D eigenvalue weighted by Gasteiger charge is 2.56. The number of aromatic nitrogens is 3. The van der Waals surface area contributed by atoms with Crippen molar-refractivity contribution in [3.05, 3.63) is 58.2 Å². The number of Topliss-reactive ketones (excluding diaryl/α,β-unsaturated/α-hetero) is 1. The number of aryl methyl sites for hydroxylation is 1. The molecule has 0 aliphatic carbocycles. The van der Waals surface area contributed by atoms with Crippen LogP contribution in [-0.4, -0.2) is 86.1 Å². The molecule has 4 unspecified atom stereocenters. The van der Waals surface area contributed by atoms with E-state index in [-0.39, 0.29) is 37.6 Å². The Kier molecular flexibility index (Phi) is 12.6. The molecular weight excluding hydrogens is 564 g/mol. The Morgan fingerprint density at radius 2 is 1.98 bits per heavy atom. The van der Waals surface area contributed by atoms with E-state index in [1.54, 1.807) is 0 Å². The molecule has 6 atom stereocenters.